The highest BCUT2D eigenvalue weighted by Gasteiger charge is 1.95. The summed E-state index contributed by atoms with van der Waals surface area (Å²) in [7, 11) is 0. The number of rotatable bonds is 12. The second-order valence-corrected chi connectivity index (χ2v) is 4.74. The topological polar surface area (TPSA) is 9.23 Å². The minimum atomic E-state index is 0.794. The molecule has 0 fully saturated rings. The maximum absolute atomic E-state index is 4.73. The van der Waals surface area contributed by atoms with E-state index in [1.807, 2.05) is 0 Å². The monoisotopic (exact) mass is 244 g/mol. The smallest absolute Gasteiger partial charge is 0.106 e. The van der Waals surface area contributed by atoms with Crippen molar-refractivity contribution in [3.63, 3.8) is 0 Å². The van der Waals surface area contributed by atoms with Crippen molar-refractivity contribution in [3.05, 3.63) is 12.3 Å². The number of hydrogen-bond acceptors (Lipinski definition) is 2. The summed E-state index contributed by atoms with van der Waals surface area (Å²) in [5.41, 5.74) is 0. The molecule has 0 heterocycles. The van der Waals surface area contributed by atoms with Crippen molar-refractivity contribution in [2.24, 2.45) is 0 Å². The van der Waals surface area contributed by atoms with Crippen LogP contribution in [0.1, 0.15) is 77.6 Å². The Labute approximate surface area is 107 Å². The molecule has 0 radical (unpaired) electrons. The number of hydrogen-bond donors (Lipinski definition) is 1. The normalized spacial score (nSPS) is 10.4. The van der Waals surface area contributed by atoms with Gasteiger partial charge >= 0.3 is 0 Å². The Bertz CT molecular complexity index is 157. The van der Waals surface area contributed by atoms with Gasteiger partial charge < -0.3 is 4.18 Å². The van der Waals surface area contributed by atoms with Gasteiger partial charge in [0.15, 0.2) is 0 Å². The van der Waals surface area contributed by atoms with Crippen LogP contribution in [0, 0.1) is 0 Å². The Hall–Kier alpha value is -0.110. The van der Waals surface area contributed by atoms with Crippen LogP contribution in [0.5, 0.6) is 0 Å². The summed E-state index contributed by atoms with van der Waals surface area (Å²) in [5.74, 6) is 0.794. The first-order valence-corrected chi connectivity index (χ1v) is 7.17. The summed E-state index contributed by atoms with van der Waals surface area (Å²) < 4.78 is 4.73. The molecule has 0 aromatic carbocycles. The Morgan fingerprint density at radius 2 is 1.31 bits per heavy atom. The Morgan fingerprint density at radius 1 is 0.875 bits per heavy atom. The van der Waals surface area contributed by atoms with Gasteiger partial charge in [0, 0.05) is 19.3 Å². The van der Waals surface area contributed by atoms with Gasteiger partial charge in [-0.3, -0.25) is 0 Å². The summed E-state index contributed by atoms with van der Waals surface area (Å²) in [6.45, 7) is 6.02. The van der Waals surface area contributed by atoms with Gasteiger partial charge in [0.25, 0.3) is 0 Å². The molecule has 16 heavy (non-hydrogen) atoms. The average molecular weight is 244 g/mol. The fourth-order valence-electron chi connectivity index (χ4n) is 1.86. The Kier molecular flexibility index (Phi) is 12.9. The van der Waals surface area contributed by atoms with E-state index in [0.29, 0.717) is 0 Å². The predicted octanol–water partition coefficient (Wildman–Crippen LogP) is 5.67. The third-order valence-electron chi connectivity index (χ3n) is 2.94. The van der Waals surface area contributed by atoms with Crippen molar-refractivity contribution in [3.8, 4) is 0 Å². The predicted molar refractivity (Wildman–Crippen MR) is 75.7 cm³/mol. The summed E-state index contributed by atoms with van der Waals surface area (Å²) in [4.78, 5) is 0. The van der Waals surface area contributed by atoms with Crippen LogP contribution < -0.4 is 0 Å². The molecule has 0 aromatic heterocycles. The fourth-order valence-corrected chi connectivity index (χ4v) is 1.95. The van der Waals surface area contributed by atoms with Crippen LogP contribution in [0.4, 0.5) is 0 Å². The fraction of sp³-hybridized carbons (Fsp3) is 0.857. The minimum absolute atomic E-state index is 0.794. The van der Waals surface area contributed by atoms with Crippen LogP contribution in [0.3, 0.4) is 0 Å². The second kappa shape index (κ2) is 13.0. The zero-order chi connectivity index (χ0) is 12.1. The van der Waals surface area contributed by atoms with E-state index in [4.69, 9.17) is 4.18 Å². The molecule has 0 unspecified atom stereocenters. The number of thiol groups is 1. The van der Waals surface area contributed by atoms with E-state index in [1.54, 1.807) is 0 Å². The number of unbranched alkanes of at least 4 members (excludes halogenated alkanes) is 9. The number of allylic oxidation sites excluding steroid dienone is 1. The van der Waals surface area contributed by atoms with Gasteiger partial charge in [-0.25, -0.2) is 0 Å². The van der Waals surface area contributed by atoms with Crippen LogP contribution >= 0.6 is 12.9 Å². The Morgan fingerprint density at radius 3 is 1.75 bits per heavy atom. The van der Waals surface area contributed by atoms with Gasteiger partial charge in [0.1, 0.15) is 5.76 Å². The highest BCUT2D eigenvalue weighted by Crippen LogP contribution is 2.13. The first-order valence-electron chi connectivity index (χ1n) is 6.80. The van der Waals surface area contributed by atoms with E-state index in [0.717, 1.165) is 12.2 Å². The molecule has 0 aliphatic carbocycles. The van der Waals surface area contributed by atoms with Crippen LogP contribution in [-0.4, -0.2) is 0 Å². The van der Waals surface area contributed by atoms with Crippen molar-refractivity contribution >= 4 is 12.9 Å². The van der Waals surface area contributed by atoms with Crippen molar-refractivity contribution in [1.29, 1.82) is 0 Å². The average Bonchev–Trinajstić information content (AvgIpc) is 2.31. The van der Waals surface area contributed by atoms with E-state index in [2.05, 4.69) is 26.4 Å². The van der Waals surface area contributed by atoms with E-state index in [9.17, 15) is 0 Å². The molecule has 96 valence electrons. The van der Waals surface area contributed by atoms with Crippen molar-refractivity contribution < 1.29 is 4.18 Å². The van der Waals surface area contributed by atoms with Gasteiger partial charge in [-0.05, 0) is 6.42 Å². The first-order chi connectivity index (χ1) is 7.81. The van der Waals surface area contributed by atoms with Gasteiger partial charge in [-0.2, -0.15) is 0 Å². The second-order valence-electron chi connectivity index (χ2n) is 4.56. The first kappa shape index (κ1) is 15.9. The Balaban J connectivity index is 2.96. The molecule has 2 heteroatoms. The summed E-state index contributed by atoms with van der Waals surface area (Å²) in [6, 6.07) is 0. The lowest BCUT2D eigenvalue weighted by molar-refractivity contribution is 0.463. The van der Waals surface area contributed by atoms with E-state index >= 15 is 0 Å². The standard InChI is InChI=1S/C14H28OS/c1-3-4-5-6-7-8-9-10-11-12-13-14(2)15-16/h16H,2-13H2,1H3. The molecule has 0 rings (SSSR count). The zero-order valence-corrected chi connectivity index (χ0v) is 11.7. The molecular formula is C14H28OS. The van der Waals surface area contributed by atoms with E-state index in [-0.39, 0.29) is 0 Å². The summed E-state index contributed by atoms with van der Waals surface area (Å²) in [5, 5.41) is 0. The van der Waals surface area contributed by atoms with Gasteiger partial charge in [0.05, 0.1) is 0 Å². The molecule has 0 saturated carbocycles. The van der Waals surface area contributed by atoms with E-state index < -0.39 is 0 Å². The SMILES string of the molecule is C=C(CCCCCCCCCCCC)OS. The third-order valence-corrected chi connectivity index (χ3v) is 3.20. The summed E-state index contributed by atoms with van der Waals surface area (Å²) in [6.07, 6.45) is 14.6. The highest BCUT2D eigenvalue weighted by molar-refractivity contribution is 7.75. The van der Waals surface area contributed by atoms with Gasteiger partial charge in [0.2, 0.25) is 0 Å². The summed E-state index contributed by atoms with van der Waals surface area (Å²) >= 11 is 3.72. The molecule has 0 N–H and O–H groups in total. The minimum Gasteiger partial charge on any atom is -0.434 e. The van der Waals surface area contributed by atoms with Crippen LogP contribution in [0.2, 0.25) is 0 Å². The highest BCUT2D eigenvalue weighted by atomic mass is 32.1. The maximum Gasteiger partial charge on any atom is 0.106 e. The zero-order valence-electron chi connectivity index (χ0n) is 10.8. The molecule has 0 atom stereocenters. The molecule has 1 nitrogen and oxygen atoms in total. The van der Waals surface area contributed by atoms with Crippen LogP contribution in [-0.2, 0) is 4.18 Å². The largest absolute Gasteiger partial charge is 0.434 e. The quantitative estimate of drug-likeness (QED) is 0.201. The van der Waals surface area contributed by atoms with Crippen LogP contribution in [0.25, 0.3) is 0 Å². The third kappa shape index (κ3) is 12.0. The molecular weight excluding hydrogens is 216 g/mol. The molecule has 0 saturated heterocycles. The molecule has 0 aliphatic rings. The lowest BCUT2D eigenvalue weighted by Crippen LogP contribution is -1.84. The molecule has 0 aromatic rings. The van der Waals surface area contributed by atoms with E-state index in [1.165, 1.54) is 64.2 Å². The van der Waals surface area contributed by atoms with Crippen LogP contribution in [0.15, 0.2) is 12.3 Å². The molecule has 0 aliphatic heterocycles. The maximum atomic E-state index is 4.73. The molecule has 0 amide bonds. The van der Waals surface area contributed by atoms with Crippen molar-refractivity contribution in [2.75, 3.05) is 0 Å². The van der Waals surface area contributed by atoms with Crippen molar-refractivity contribution in [1.82, 2.24) is 0 Å². The lowest BCUT2D eigenvalue weighted by atomic mass is 10.1. The lowest BCUT2D eigenvalue weighted by Gasteiger charge is -2.03. The van der Waals surface area contributed by atoms with Gasteiger partial charge in [-0.15, -0.1) is 0 Å². The van der Waals surface area contributed by atoms with Crippen molar-refractivity contribution in [2.45, 2.75) is 77.6 Å². The van der Waals surface area contributed by atoms with Gasteiger partial charge in [-0.1, -0.05) is 71.3 Å². The molecule has 0 spiro atoms. The molecule has 0 bridgehead atoms.